The summed E-state index contributed by atoms with van der Waals surface area (Å²) in [5.41, 5.74) is 2.03. The van der Waals surface area contributed by atoms with Gasteiger partial charge < -0.3 is 5.32 Å². The molecule has 17 heavy (non-hydrogen) atoms. The SMILES string of the molecule is CCC1(CNc2nc(C)ccc2C#N)CCC1. The molecule has 2 rings (SSSR count). The normalized spacial score (nSPS) is 17.0. The molecule has 0 aliphatic heterocycles. The third kappa shape index (κ3) is 2.41. The molecular weight excluding hydrogens is 210 g/mol. The molecule has 90 valence electrons. The summed E-state index contributed by atoms with van der Waals surface area (Å²) in [6, 6.07) is 5.90. The third-order valence-electron chi connectivity index (χ3n) is 3.95. The van der Waals surface area contributed by atoms with Crippen molar-refractivity contribution in [1.82, 2.24) is 4.98 Å². The van der Waals surface area contributed by atoms with E-state index in [1.54, 1.807) is 0 Å². The highest BCUT2D eigenvalue weighted by Gasteiger charge is 2.34. The van der Waals surface area contributed by atoms with Gasteiger partial charge in [-0.25, -0.2) is 4.98 Å². The van der Waals surface area contributed by atoms with E-state index < -0.39 is 0 Å². The van der Waals surface area contributed by atoms with Crippen LogP contribution in [0.2, 0.25) is 0 Å². The van der Waals surface area contributed by atoms with Crippen LogP contribution in [0.5, 0.6) is 0 Å². The maximum atomic E-state index is 9.04. The number of nitrogens with zero attached hydrogens (tertiary/aromatic N) is 2. The molecule has 1 saturated carbocycles. The number of anilines is 1. The molecule has 0 unspecified atom stereocenters. The number of aromatic nitrogens is 1. The fraction of sp³-hybridized carbons (Fsp3) is 0.571. The Labute approximate surface area is 103 Å². The van der Waals surface area contributed by atoms with Gasteiger partial charge in [0.2, 0.25) is 0 Å². The lowest BCUT2D eigenvalue weighted by atomic mass is 9.67. The van der Waals surface area contributed by atoms with Crippen molar-refractivity contribution in [3.8, 4) is 6.07 Å². The standard InChI is InChI=1S/C14H19N3/c1-3-14(7-4-8-14)10-16-13-12(9-15)6-5-11(2)17-13/h5-6H,3-4,7-8,10H2,1-2H3,(H,16,17). The Morgan fingerprint density at radius 1 is 1.47 bits per heavy atom. The number of pyridine rings is 1. The summed E-state index contributed by atoms with van der Waals surface area (Å²) < 4.78 is 0. The van der Waals surface area contributed by atoms with Crippen LogP contribution >= 0.6 is 0 Å². The second-order valence-corrected chi connectivity index (χ2v) is 5.02. The summed E-state index contributed by atoms with van der Waals surface area (Å²) >= 11 is 0. The third-order valence-corrected chi connectivity index (χ3v) is 3.95. The monoisotopic (exact) mass is 229 g/mol. The van der Waals surface area contributed by atoms with Gasteiger partial charge in [-0.1, -0.05) is 13.3 Å². The molecule has 1 N–H and O–H groups in total. The average Bonchev–Trinajstić information content (AvgIpc) is 2.28. The predicted molar refractivity (Wildman–Crippen MR) is 68.8 cm³/mol. The number of aryl methyl sites for hydroxylation is 1. The Hall–Kier alpha value is -1.56. The second-order valence-electron chi connectivity index (χ2n) is 5.02. The van der Waals surface area contributed by atoms with E-state index in [0.29, 0.717) is 11.0 Å². The number of nitriles is 1. The van der Waals surface area contributed by atoms with E-state index >= 15 is 0 Å². The van der Waals surface area contributed by atoms with Crippen molar-refractivity contribution in [2.75, 3.05) is 11.9 Å². The molecule has 0 aromatic carbocycles. The van der Waals surface area contributed by atoms with Crippen molar-refractivity contribution < 1.29 is 0 Å². The van der Waals surface area contributed by atoms with Crippen molar-refractivity contribution in [3.05, 3.63) is 23.4 Å². The maximum absolute atomic E-state index is 9.04. The van der Waals surface area contributed by atoms with Gasteiger partial charge in [-0.05, 0) is 43.7 Å². The molecular formula is C14H19N3. The summed E-state index contributed by atoms with van der Waals surface area (Å²) in [4.78, 5) is 4.41. The fourth-order valence-electron chi connectivity index (χ4n) is 2.39. The predicted octanol–water partition coefficient (Wildman–Crippen LogP) is 3.25. The minimum atomic E-state index is 0.443. The number of nitrogens with one attached hydrogen (secondary N) is 1. The molecule has 0 atom stereocenters. The lowest BCUT2D eigenvalue weighted by Crippen LogP contribution is -2.36. The molecule has 1 aromatic heterocycles. The summed E-state index contributed by atoms with van der Waals surface area (Å²) in [6.45, 7) is 5.13. The summed E-state index contributed by atoms with van der Waals surface area (Å²) in [7, 11) is 0. The van der Waals surface area contributed by atoms with E-state index in [1.807, 2.05) is 19.1 Å². The highest BCUT2D eigenvalue weighted by Crippen LogP contribution is 2.43. The number of rotatable bonds is 4. The van der Waals surface area contributed by atoms with Crippen LogP contribution < -0.4 is 5.32 Å². The van der Waals surface area contributed by atoms with E-state index in [2.05, 4.69) is 23.3 Å². The van der Waals surface area contributed by atoms with Crippen LogP contribution in [-0.4, -0.2) is 11.5 Å². The summed E-state index contributed by atoms with van der Waals surface area (Å²) in [6.07, 6.45) is 5.13. The van der Waals surface area contributed by atoms with Crippen LogP contribution in [0, 0.1) is 23.7 Å². The van der Waals surface area contributed by atoms with Crippen LogP contribution in [-0.2, 0) is 0 Å². The van der Waals surface area contributed by atoms with E-state index in [-0.39, 0.29) is 0 Å². The van der Waals surface area contributed by atoms with Crippen molar-refractivity contribution in [1.29, 1.82) is 5.26 Å². The van der Waals surface area contributed by atoms with Crippen LogP contribution in [0.25, 0.3) is 0 Å². The maximum Gasteiger partial charge on any atom is 0.144 e. The molecule has 1 aromatic rings. The lowest BCUT2D eigenvalue weighted by Gasteiger charge is -2.41. The number of hydrogen-bond acceptors (Lipinski definition) is 3. The van der Waals surface area contributed by atoms with Gasteiger partial charge in [-0.2, -0.15) is 5.26 Å². The molecule has 3 nitrogen and oxygen atoms in total. The zero-order chi connectivity index (χ0) is 12.3. The van der Waals surface area contributed by atoms with Gasteiger partial charge in [0, 0.05) is 12.2 Å². The van der Waals surface area contributed by atoms with E-state index in [1.165, 1.54) is 25.7 Å². The topological polar surface area (TPSA) is 48.7 Å². The van der Waals surface area contributed by atoms with Gasteiger partial charge >= 0.3 is 0 Å². The summed E-state index contributed by atoms with van der Waals surface area (Å²) in [5.74, 6) is 0.743. The van der Waals surface area contributed by atoms with Crippen molar-refractivity contribution >= 4 is 5.82 Å². The first-order valence-electron chi connectivity index (χ1n) is 6.31. The Morgan fingerprint density at radius 2 is 2.24 bits per heavy atom. The van der Waals surface area contributed by atoms with Gasteiger partial charge in [0.05, 0.1) is 5.56 Å². The van der Waals surface area contributed by atoms with E-state index in [0.717, 1.165) is 18.1 Å². The highest BCUT2D eigenvalue weighted by atomic mass is 15.0. The van der Waals surface area contributed by atoms with Crippen LogP contribution in [0.1, 0.15) is 43.9 Å². The first-order valence-corrected chi connectivity index (χ1v) is 6.31. The van der Waals surface area contributed by atoms with Crippen LogP contribution in [0.3, 0.4) is 0 Å². The average molecular weight is 229 g/mol. The molecule has 3 heteroatoms. The first kappa shape index (κ1) is 11.9. The summed E-state index contributed by atoms with van der Waals surface area (Å²) in [5, 5.41) is 12.4. The smallest absolute Gasteiger partial charge is 0.144 e. The molecule has 0 saturated heterocycles. The Bertz CT molecular complexity index is 436. The zero-order valence-corrected chi connectivity index (χ0v) is 10.6. The van der Waals surface area contributed by atoms with Crippen molar-refractivity contribution in [2.45, 2.75) is 39.5 Å². The highest BCUT2D eigenvalue weighted by molar-refractivity contribution is 5.52. The second kappa shape index (κ2) is 4.75. The van der Waals surface area contributed by atoms with E-state index in [4.69, 9.17) is 5.26 Å². The Morgan fingerprint density at radius 3 is 2.76 bits per heavy atom. The molecule has 0 bridgehead atoms. The van der Waals surface area contributed by atoms with Crippen LogP contribution in [0.15, 0.2) is 12.1 Å². The minimum absolute atomic E-state index is 0.443. The Balaban J connectivity index is 2.08. The molecule has 0 spiro atoms. The quantitative estimate of drug-likeness (QED) is 0.862. The molecule has 1 heterocycles. The Kier molecular flexibility index (Phi) is 3.33. The van der Waals surface area contributed by atoms with Gasteiger partial charge in [0.1, 0.15) is 11.9 Å². The molecule has 1 aliphatic carbocycles. The molecule has 0 amide bonds. The van der Waals surface area contributed by atoms with Crippen LogP contribution in [0.4, 0.5) is 5.82 Å². The van der Waals surface area contributed by atoms with Crippen molar-refractivity contribution in [3.63, 3.8) is 0 Å². The minimum Gasteiger partial charge on any atom is -0.368 e. The molecule has 1 fully saturated rings. The van der Waals surface area contributed by atoms with Gasteiger partial charge in [0.25, 0.3) is 0 Å². The number of hydrogen-bond donors (Lipinski definition) is 1. The largest absolute Gasteiger partial charge is 0.368 e. The van der Waals surface area contributed by atoms with Gasteiger partial charge in [0.15, 0.2) is 0 Å². The zero-order valence-electron chi connectivity index (χ0n) is 10.6. The first-order chi connectivity index (χ1) is 8.19. The molecule has 0 radical (unpaired) electrons. The van der Waals surface area contributed by atoms with Gasteiger partial charge in [-0.15, -0.1) is 0 Å². The van der Waals surface area contributed by atoms with Gasteiger partial charge in [-0.3, -0.25) is 0 Å². The fourth-order valence-corrected chi connectivity index (χ4v) is 2.39. The van der Waals surface area contributed by atoms with E-state index in [9.17, 15) is 0 Å². The van der Waals surface area contributed by atoms with Crippen molar-refractivity contribution in [2.24, 2.45) is 5.41 Å². The lowest BCUT2D eigenvalue weighted by molar-refractivity contribution is 0.145. The molecule has 1 aliphatic rings.